The number of anilines is 1. The third-order valence-electron chi connectivity index (χ3n) is 4.24. The van der Waals surface area contributed by atoms with E-state index in [1.807, 2.05) is 30.3 Å². The van der Waals surface area contributed by atoms with Gasteiger partial charge >= 0.3 is 5.97 Å². The molecule has 3 aromatic rings. The molecular weight excluding hydrogens is 361 g/mol. The molecule has 1 aromatic heterocycles. The molecular formula is C21H20FN3O3. The van der Waals surface area contributed by atoms with Gasteiger partial charge in [0.25, 0.3) is 5.91 Å². The third kappa shape index (κ3) is 4.43. The number of hydrogen-bond donors (Lipinski definition) is 1. The lowest BCUT2D eigenvalue weighted by molar-refractivity contribution is -0.119. The first-order valence-electron chi connectivity index (χ1n) is 8.75. The van der Waals surface area contributed by atoms with Crippen molar-refractivity contribution in [2.45, 2.75) is 20.4 Å². The number of aromatic nitrogens is 2. The van der Waals surface area contributed by atoms with Gasteiger partial charge in [-0.25, -0.2) is 9.18 Å². The quantitative estimate of drug-likeness (QED) is 0.664. The molecule has 0 aliphatic heterocycles. The average Bonchev–Trinajstić information content (AvgIpc) is 2.96. The predicted octanol–water partition coefficient (Wildman–Crippen LogP) is 3.48. The second kappa shape index (κ2) is 8.47. The van der Waals surface area contributed by atoms with Crippen LogP contribution in [0.15, 0.2) is 54.6 Å². The minimum atomic E-state index is -0.641. The molecule has 0 spiro atoms. The second-order valence-electron chi connectivity index (χ2n) is 6.29. The fourth-order valence-electron chi connectivity index (χ4n) is 2.85. The Balaban J connectivity index is 1.64. The Hall–Kier alpha value is -3.48. The van der Waals surface area contributed by atoms with Crippen LogP contribution in [0.25, 0.3) is 0 Å². The van der Waals surface area contributed by atoms with Crippen LogP contribution >= 0.6 is 0 Å². The van der Waals surface area contributed by atoms with Crippen molar-refractivity contribution in [1.29, 1.82) is 0 Å². The van der Waals surface area contributed by atoms with Crippen LogP contribution in [0.5, 0.6) is 0 Å². The van der Waals surface area contributed by atoms with Crippen LogP contribution in [-0.4, -0.2) is 28.3 Å². The van der Waals surface area contributed by atoms with Gasteiger partial charge in [0, 0.05) is 0 Å². The summed E-state index contributed by atoms with van der Waals surface area (Å²) in [7, 11) is 0. The summed E-state index contributed by atoms with van der Waals surface area (Å²) in [5, 5.41) is 6.77. The van der Waals surface area contributed by atoms with E-state index < -0.39 is 24.3 Å². The van der Waals surface area contributed by atoms with Crippen LogP contribution in [-0.2, 0) is 16.1 Å². The summed E-state index contributed by atoms with van der Waals surface area (Å²) in [6.45, 7) is 3.49. The van der Waals surface area contributed by atoms with Gasteiger partial charge in [-0.1, -0.05) is 42.5 Å². The Kier molecular flexibility index (Phi) is 5.84. The number of halogens is 1. The highest BCUT2D eigenvalue weighted by atomic mass is 19.1. The Morgan fingerprint density at radius 1 is 1.07 bits per heavy atom. The molecule has 1 N–H and O–H groups in total. The molecule has 0 aliphatic rings. The summed E-state index contributed by atoms with van der Waals surface area (Å²) >= 11 is 0. The van der Waals surface area contributed by atoms with Crippen LogP contribution in [0.4, 0.5) is 10.1 Å². The van der Waals surface area contributed by atoms with E-state index in [1.54, 1.807) is 24.6 Å². The van der Waals surface area contributed by atoms with Crippen molar-refractivity contribution in [3.05, 3.63) is 82.9 Å². The van der Waals surface area contributed by atoms with Crippen molar-refractivity contribution in [3.8, 4) is 0 Å². The van der Waals surface area contributed by atoms with Crippen molar-refractivity contribution < 1.29 is 18.7 Å². The minimum absolute atomic E-state index is 0.0339. The van der Waals surface area contributed by atoms with E-state index >= 15 is 0 Å². The standard InChI is InChI=1S/C21H20FN3O3/c1-14-20(15(2)25(24-14)12-16-8-4-3-5-9-16)21(27)28-13-19(26)23-18-11-7-6-10-17(18)22/h3-11H,12-13H2,1-2H3,(H,23,26). The van der Waals surface area contributed by atoms with Gasteiger partial charge in [0.05, 0.1) is 23.6 Å². The molecule has 0 fully saturated rings. The SMILES string of the molecule is Cc1nn(Cc2ccccc2)c(C)c1C(=O)OCC(=O)Nc1ccccc1F. The average molecular weight is 381 g/mol. The largest absolute Gasteiger partial charge is 0.452 e. The highest BCUT2D eigenvalue weighted by Crippen LogP contribution is 2.16. The number of hydrogen-bond acceptors (Lipinski definition) is 4. The van der Waals surface area contributed by atoms with Gasteiger partial charge in [-0.2, -0.15) is 5.10 Å². The number of benzene rings is 2. The molecule has 144 valence electrons. The van der Waals surface area contributed by atoms with Gasteiger partial charge in [-0.3, -0.25) is 9.48 Å². The van der Waals surface area contributed by atoms with E-state index in [2.05, 4.69) is 10.4 Å². The predicted molar refractivity (Wildman–Crippen MR) is 103 cm³/mol. The van der Waals surface area contributed by atoms with E-state index in [1.165, 1.54) is 18.2 Å². The number of para-hydroxylation sites is 1. The van der Waals surface area contributed by atoms with Gasteiger partial charge in [-0.15, -0.1) is 0 Å². The molecule has 0 saturated heterocycles. The Morgan fingerprint density at radius 2 is 1.75 bits per heavy atom. The molecule has 0 unspecified atom stereocenters. The highest BCUT2D eigenvalue weighted by molar-refractivity contribution is 5.96. The molecule has 7 heteroatoms. The van der Waals surface area contributed by atoms with Crippen molar-refractivity contribution in [3.63, 3.8) is 0 Å². The topological polar surface area (TPSA) is 73.2 Å². The summed E-state index contributed by atoms with van der Waals surface area (Å²) in [6, 6.07) is 15.5. The number of esters is 1. The third-order valence-corrected chi connectivity index (χ3v) is 4.24. The molecule has 0 aliphatic carbocycles. The zero-order valence-corrected chi connectivity index (χ0v) is 15.6. The van der Waals surface area contributed by atoms with Gasteiger partial charge in [-0.05, 0) is 31.5 Å². The maximum atomic E-state index is 13.6. The first-order chi connectivity index (χ1) is 13.5. The summed E-state index contributed by atoms with van der Waals surface area (Å²) in [5.41, 5.74) is 2.59. The molecule has 2 aromatic carbocycles. The number of carbonyl (C=O) groups excluding carboxylic acids is 2. The fraction of sp³-hybridized carbons (Fsp3) is 0.190. The number of amides is 1. The van der Waals surface area contributed by atoms with Gasteiger partial charge in [0.1, 0.15) is 11.4 Å². The Labute approximate surface area is 161 Å². The maximum absolute atomic E-state index is 13.6. The monoisotopic (exact) mass is 381 g/mol. The van der Waals surface area contributed by atoms with Crippen molar-refractivity contribution in [1.82, 2.24) is 9.78 Å². The lowest BCUT2D eigenvalue weighted by Gasteiger charge is -2.08. The molecule has 0 bridgehead atoms. The zero-order chi connectivity index (χ0) is 20.1. The lowest BCUT2D eigenvalue weighted by Crippen LogP contribution is -2.22. The number of aryl methyl sites for hydroxylation is 1. The Morgan fingerprint density at radius 3 is 2.46 bits per heavy atom. The number of rotatable bonds is 6. The highest BCUT2D eigenvalue weighted by Gasteiger charge is 2.21. The number of nitrogens with zero attached hydrogens (tertiary/aromatic N) is 2. The first-order valence-corrected chi connectivity index (χ1v) is 8.75. The zero-order valence-electron chi connectivity index (χ0n) is 15.6. The van der Waals surface area contributed by atoms with E-state index in [4.69, 9.17) is 4.74 Å². The fourth-order valence-corrected chi connectivity index (χ4v) is 2.85. The van der Waals surface area contributed by atoms with Crippen molar-refractivity contribution in [2.24, 2.45) is 0 Å². The van der Waals surface area contributed by atoms with E-state index in [0.29, 0.717) is 23.5 Å². The van der Waals surface area contributed by atoms with Crippen molar-refractivity contribution >= 4 is 17.6 Å². The smallest absolute Gasteiger partial charge is 0.342 e. The minimum Gasteiger partial charge on any atom is -0.452 e. The number of carbonyl (C=O) groups is 2. The normalized spacial score (nSPS) is 10.5. The van der Waals surface area contributed by atoms with Gasteiger partial charge < -0.3 is 10.1 Å². The number of nitrogens with one attached hydrogen (secondary N) is 1. The van der Waals surface area contributed by atoms with Crippen LogP contribution < -0.4 is 5.32 Å². The van der Waals surface area contributed by atoms with Gasteiger partial charge in [0.2, 0.25) is 0 Å². The molecule has 1 amide bonds. The molecule has 3 rings (SSSR count). The van der Waals surface area contributed by atoms with Crippen LogP contribution in [0.3, 0.4) is 0 Å². The van der Waals surface area contributed by atoms with Crippen LogP contribution in [0, 0.1) is 19.7 Å². The van der Waals surface area contributed by atoms with E-state index in [9.17, 15) is 14.0 Å². The summed E-state index contributed by atoms with van der Waals surface area (Å²) in [5.74, 6) is -1.82. The maximum Gasteiger partial charge on any atom is 0.342 e. The molecule has 0 radical (unpaired) electrons. The molecule has 0 saturated carbocycles. The van der Waals surface area contributed by atoms with Crippen LogP contribution in [0.2, 0.25) is 0 Å². The summed E-state index contributed by atoms with van der Waals surface area (Å²) in [6.07, 6.45) is 0. The molecule has 6 nitrogen and oxygen atoms in total. The molecule has 0 atom stereocenters. The van der Waals surface area contributed by atoms with Gasteiger partial charge in [0.15, 0.2) is 6.61 Å². The van der Waals surface area contributed by atoms with Crippen molar-refractivity contribution in [2.75, 3.05) is 11.9 Å². The second-order valence-corrected chi connectivity index (χ2v) is 6.29. The lowest BCUT2D eigenvalue weighted by atomic mass is 10.2. The van der Waals surface area contributed by atoms with E-state index in [-0.39, 0.29) is 5.69 Å². The molecule has 28 heavy (non-hydrogen) atoms. The van der Waals surface area contributed by atoms with E-state index in [0.717, 1.165) is 5.56 Å². The number of ether oxygens (including phenoxy) is 1. The first kappa shape index (κ1) is 19.3. The summed E-state index contributed by atoms with van der Waals surface area (Å²) < 4.78 is 20.4. The summed E-state index contributed by atoms with van der Waals surface area (Å²) in [4.78, 5) is 24.4. The Bertz CT molecular complexity index is 999. The molecule has 1 heterocycles. The van der Waals surface area contributed by atoms with Crippen LogP contribution in [0.1, 0.15) is 27.3 Å².